The second kappa shape index (κ2) is 4.59. The van der Waals surface area contributed by atoms with Crippen LogP contribution >= 0.6 is 15.9 Å². The Morgan fingerprint density at radius 2 is 1.83 bits per heavy atom. The molecule has 0 saturated carbocycles. The zero-order chi connectivity index (χ0) is 12.5. The smallest absolute Gasteiger partial charge is 0.0703 e. The Balaban J connectivity index is 2.18. The molecule has 90 valence electrons. The number of rotatable bonds is 1. The SMILES string of the molecule is ON1C=C(Br)C=C(c2cccc3ccccc23)C1. The third kappa shape index (κ3) is 2.07. The van der Waals surface area contributed by atoms with Gasteiger partial charge in [-0.2, -0.15) is 0 Å². The van der Waals surface area contributed by atoms with E-state index in [0.29, 0.717) is 6.54 Å². The number of hydrogen-bond acceptors (Lipinski definition) is 2. The molecule has 1 aliphatic rings. The lowest BCUT2D eigenvalue weighted by Crippen LogP contribution is -2.18. The van der Waals surface area contributed by atoms with Crippen LogP contribution in [0.3, 0.4) is 0 Å². The highest BCUT2D eigenvalue weighted by molar-refractivity contribution is 9.11. The number of benzene rings is 2. The summed E-state index contributed by atoms with van der Waals surface area (Å²) in [6.45, 7) is 0.503. The quantitative estimate of drug-likeness (QED) is 0.855. The maximum atomic E-state index is 9.67. The molecule has 3 rings (SSSR count). The van der Waals surface area contributed by atoms with E-state index in [1.807, 2.05) is 18.2 Å². The van der Waals surface area contributed by atoms with Gasteiger partial charge in [-0.05, 0) is 43.9 Å². The molecular formula is C15H12BrNO. The maximum absolute atomic E-state index is 9.67. The standard InChI is InChI=1S/C15H12BrNO/c16-13-8-12(9-17(18)10-13)15-7-3-5-11-4-1-2-6-14(11)15/h1-8,10,18H,9H2. The minimum absolute atomic E-state index is 0.503. The number of halogens is 1. The summed E-state index contributed by atoms with van der Waals surface area (Å²) in [5.74, 6) is 0. The van der Waals surface area contributed by atoms with Crippen molar-refractivity contribution >= 4 is 32.3 Å². The second-order valence-electron chi connectivity index (χ2n) is 4.31. The van der Waals surface area contributed by atoms with Crippen LogP contribution in [0.15, 0.2) is 59.2 Å². The van der Waals surface area contributed by atoms with E-state index >= 15 is 0 Å². The van der Waals surface area contributed by atoms with Crippen LogP contribution in [0.2, 0.25) is 0 Å². The molecule has 0 atom stereocenters. The van der Waals surface area contributed by atoms with Crippen molar-refractivity contribution in [3.63, 3.8) is 0 Å². The first-order valence-corrected chi connectivity index (χ1v) is 6.55. The summed E-state index contributed by atoms with van der Waals surface area (Å²) in [4.78, 5) is 0. The molecule has 0 aromatic heterocycles. The Kier molecular flexibility index (Phi) is 2.94. The molecule has 3 heteroatoms. The molecule has 0 spiro atoms. The van der Waals surface area contributed by atoms with Crippen LogP contribution in [0, 0.1) is 0 Å². The van der Waals surface area contributed by atoms with Crippen LogP contribution in [-0.2, 0) is 0 Å². The number of nitrogens with zero attached hydrogens (tertiary/aromatic N) is 1. The van der Waals surface area contributed by atoms with Crippen LogP contribution in [-0.4, -0.2) is 16.8 Å². The minimum atomic E-state index is 0.503. The van der Waals surface area contributed by atoms with Crippen molar-refractivity contribution in [2.24, 2.45) is 0 Å². The van der Waals surface area contributed by atoms with E-state index in [1.54, 1.807) is 6.20 Å². The lowest BCUT2D eigenvalue weighted by atomic mass is 9.97. The molecule has 2 nitrogen and oxygen atoms in total. The predicted molar refractivity (Wildman–Crippen MR) is 77.4 cm³/mol. The van der Waals surface area contributed by atoms with Crippen LogP contribution < -0.4 is 0 Å². The van der Waals surface area contributed by atoms with Crippen LogP contribution in [0.25, 0.3) is 16.3 Å². The second-order valence-corrected chi connectivity index (χ2v) is 5.22. The fourth-order valence-corrected chi connectivity index (χ4v) is 2.79. The van der Waals surface area contributed by atoms with Crippen molar-refractivity contribution in [2.45, 2.75) is 0 Å². The Bertz CT molecular complexity index is 655. The van der Waals surface area contributed by atoms with Crippen LogP contribution in [0.4, 0.5) is 0 Å². The summed E-state index contributed by atoms with van der Waals surface area (Å²) >= 11 is 3.41. The van der Waals surface area contributed by atoms with Crippen LogP contribution in [0.5, 0.6) is 0 Å². The Hall–Kier alpha value is -1.58. The first-order valence-electron chi connectivity index (χ1n) is 5.75. The van der Waals surface area contributed by atoms with Gasteiger partial charge in [0.25, 0.3) is 0 Å². The van der Waals surface area contributed by atoms with Gasteiger partial charge in [0.05, 0.1) is 6.54 Å². The Labute approximate surface area is 114 Å². The van der Waals surface area contributed by atoms with Gasteiger partial charge in [-0.25, -0.2) is 0 Å². The van der Waals surface area contributed by atoms with Crippen molar-refractivity contribution in [1.29, 1.82) is 0 Å². The molecule has 18 heavy (non-hydrogen) atoms. The van der Waals surface area contributed by atoms with Crippen molar-refractivity contribution in [2.75, 3.05) is 6.54 Å². The van der Waals surface area contributed by atoms with Gasteiger partial charge < -0.3 is 0 Å². The molecule has 0 fully saturated rings. The Morgan fingerprint density at radius 1 is 1.06 bits per heavy atom. The van der Waals surface area contributed by atoms with Gasteiger partial charge in [-0.3, -0.25) is 10.3 Å². The third-order valence-electron chi connectivity index (χ3n) is 3.05. The van der Waals surface area contributed by atoms with Gasteiger partial charge in [0, 0.05) is 10.7 Å². The molecule has 1 aliphatic heterocycles. The van der Waals surface area contributed by atoms with Crippen molar-refractivity contribution < 1.29 is 5.21 Å². The molecule has 0 unspecified atom stereocenters. The molecule has 1 N–H and O–H groups in total. The van der Waals surface area contributed by atoms with Crippen molar-refractivity contribution in [1.82, 2.24) is 5.06 Å². The summed E-state index contributed by atoms with van der Waals surface area (Å²) in [5, 5.41) is 13.3. The monoisotopic (exact) mass is 301 g/mol. The van der Waals surface area contributed by atoms with Crippen LogP contribution in [0.1, 0.15) is 5.56 Å². The summed E-state index contributed by atoms with van der Waals surface area (Å²) in [5.41, 5.74) is 2.26. The fraction of sp³-hybridized carbons (Fsp3) is 0.0667. The van der Waals surface area contributed by atoms with E-state index in [1.165, 1.54) is 15.8 Å². The average molecular weight is 302 g/mol. The highest BCUT2D eigenvalue weighted by Crippen LogP contribution is 2.29. The molecule has 0 amide bonds. The highest BCUT2D eigenvalue weighted by Gasteiger charge is 2.12. The normalized spacial score (nSPS) is 15.6. The largest absolute Gasteiger partial charge is 0.289 e. The minimum Gasteiger partial charge on any atom is -0.289 e. The molecule has 0 aliphatic carbocycles. The van der Waals surface area contributed by atoms with E-state index < -0.39 is 0 Å². The van der Waals surface area contributed by atoms with Crippen molar-refractivity contribution in [3.05, 3.63) is 64.8 Å². The fourth-order valence-electron chi connectivity index (χ4n) is 2.28. The van der Waals surface area contributed by atoms with Gasteiger partial charge in [0.15, 0.2) is 0 Å². The number of allylic oxidation sites excluding steroid dienone is 2. The molecule has 0 saturated heterocycles. The van der Waals surface area contributed by atoms with E-state index in [9.17, 15) is 5.21 Å². The summed E-state index contributed by atoms with van der Waals surface area (Å²) in [7, 11) is 0. The molecule has 2 aromatic rings. The molecule has 0 bridgehead atoms. The predicted octanol–water partition coefficient (Wildman–Crippen LogP) is 4.16. The first-order chi connectivity index (χ1) is 8.74. The van der Waals surface area contributed by atoms with Gasteiger partial charge in [0.1, 0.15) is 0 Å². The van der Waals surface area contributed by atoms with Gasteiger partial charge in [0.2, 0.25) is 0 Å². The van der Waals surface area contributed by atoms with Gasteiger partial charge >= 0.3 is 0 Å². The average Bonchev–Trinajstić information content (AvgIpc) is 2.37. The van der Waals surface area contributed by atoms with Crippen molar-refractivity contribution in [3.8, 4) is 0 Å². The third-order valence-corrected chi connectivity index (χ3v) is 3.49. The highest BCUT2D eigenvalue weighted by atomic mass is 79.9. The molecule has 0 radical (unpaired) electrons. The van der Waals surface area contributed by atoms with Gasteiger partial charge in [-0.1, -0.05) is 42.5 Å². The van der Waals surface area contributed by atoms with Gasteiger partial charge in [-0.15, -0.1) is 0 Å². The lowest BCUT2D eigenvalue weighted by molar-refractivity contribution is -0.0280. The molecule has 2 aromatic carbocycles. The van der Waals surface area contributed by atoms with E-state index in [2.05, 4.69) is 46.3 Å². The first kappa shape index (κ1) is 11.5. The number of fused-ring (bicyclic) bond motifs is 1. The topological polar surface area (TPSA) is 23.5 Å². The van der Waals surface area contributed by atoms with E-state index in [4.69, 9.17) is 0 Å². The number of hydrogen-bond donors (Lipinski definition) is 1. The summed E-state index contributed by atoms with van der Waals surface area (Å²) < 4.78 is 0.874. The van der Waals surface area contributed by atoms with E-state index in [-0.39, 0.29) is 0 Å². The summed E-state index contributed by atoms with van der Waals surface area (Å²) in [6.07, 6.45) is 3.71. The lowest BCUT2D eigenvalue weighted by Gasteiger charge is -2.20. The zero-order valence-corrected chi connectivity index (χ0v) is 11.3. The van der Waals surface area contributed by atoms with E-state index in [0.717, 1.165) is 15.6 Å². The summed E-state index contributed by atoms with van der Waals surface area (Å²) in [6, 6.07) is 14.5. The Morgan fingerprint density at radius 3 is 2.67 bits per heavy atom. The maximum Gasteiger partial charge on any atom is 0.0703 e. The zero-order valence-electron chi connectivity index (χ0n) is 9.68. The molecule has 1 heterocycles. The number of hydroxylamine groups is 2. The molecular weight excluding hydrogens is 290 g/mol.